The largest absolute Gasteiger partial charge is 0.371 e. The third kappa shape index (κ3) is 4.23. The second-order valence-electron chi connectivity index (χ2n) is 8.12. The molecule has 2 aliphatic heterocycles. The summed E-state index contributed by atoms with van der Waals surface area (Å²) in [6, 6.07) is 14.6. The summed E-state index contributed by atoms with van der Waals surface area (Å²) in [6.07, 6.45) is 4.21. The molecule has 0 unspecified atom stereocenters. The van der Waals surface area contributed by atoms with Crippen molar-refractivity contribution in [2.45, 2.75) is 37.1 Å². The van der Waals surface area contributed by atoms with Crippen LogP contribution in [0.25, 0.3) is 0 Å². The Hall–Kier alpha value is -2.38. The minimum absolute atomic E-state index is 0.114. The molecule has 1 amide bonds. The van der Waals surface area contributed by atoms with Gasteiger partial charge in [-0.15, -0.1) is 0 Å². The molecule has 7 heteroatoms. The number of carbonyl (C=O) groups is 1. The Labute approximate surface area is 179 Å². The number of anilines is 1. The van der Waals surface area contributed by atoms with Gasteiger partial charge in [0.1, 0.15) is 0 Å². The molecule has 0 atom stereocenters. The average Bonchev–Trinajstić information content (AvgIpc) is 3.48. The summed E-state index contributed by atoms with van der Waals surface area (Å²) in [5.41, 5.74) is 2.82. The lowest BCUT2D eigenvalue weighted by atomic mass is 10.1. The number of sulfonamides is 1. The van der Waals surface area contributed by atoms with Gasteiger partial charge in [-0.3, -0.25) is 4.79 Å². The zero-order valence-corrected chi connectivity index (χ0v) is 18.3. The molecule has 2 saturated heterocycles. The average molecular weight is 428 g/mol. The molecule has 2 aromatic rings. The van der Waals surface area contributed by atoms with Crippen molar-refractivity contribution < 1.29 is 13.2 Å². The van der Waals surface area contributed by atoms with E-state index in [0.717, 1.165) is 31.5 Å². The predicted octanol–water partition coefficient (Wildman–Crippen LogP) is 3.34. The zero-order valence-electron chi connectivity index (χ0n) is 17.5. The van der Waals surface area contributed by atoms with Gasteiger partial charge in [-0.2, -0.15) is 4.31 Å². The molecular formula is C23H29N3O3S. The van der Waals surface area contributed by atoms with Crippen LogP contribution in [-0.4, -0.2) is 56.8 Å². The van der Waals surface area contributed by atoms with E-state index in [2.05, 4.69) is 17.0 Å². The maximum absolute atomic E-state index is 13.0. The van der Waals surface area contributed by atoms with Crippen LogP contribution in [0, 0.1) is 0 Å². The summed E-state index contributed by atoms with van der Waals surface area (Å²) in [6.45, 7) is 3.77. The number of hydrogen-bond acceptors (Lipinski definition) is 4. The van der Waals surface area contributed by atoms with Gasteiger partial charge in [0.25, 0.3) is 5.91 Å². The molecule has 6 nitrogen and oxygen atoms in total. The summed E-state index contributed by atoms with van der Waals surface area (Å²) in [5, 5.41) is 0. The van der Waals surface area contributed by atoms with Gasteiger partial charge in [0.15, 0.2) is 0 Å². The van der Waals surface area contributed by atoms with Gasteiger partial charge < -0.3 is 9.80 Å². The minimum Gasteiger partial charge on any atom is -0.371 e. The molecule has 0 saturated carbocycles. The second kappa shape index (κ2) is 8.78. The Morgan fingerprint density at radius 2 is 1.50 bits per heavy atom. The fraction of sp³-hybridized carbons (Fsp3) is 0.435. The van der Waals surface area contributed by atoms with E-state index >= 15 is 0 Å². The molecule has 30 heavy (non-hydrogen) atoms. The molecule has 0 bridgehead atoms. The summed E-state index contributed by atoms with van der Waals surface area (Å²) < 4.78 is 26.9. The van der Waals surface area contributed by atoms with Crippen LogP contribution in [0.4, 0.5) is 5.69 Å². The van der Waals surface area contributed by atoms with E-state index in [0.29, 0.717) is 25.2 Å². The van der Waals surface area contributed by atoms with Crippen molar-refractivity contribution in [1.82, 2.24) is 9.21 Å². The highest BCUT2D eigenvalue weighted by Crippen LogP contribution is 2.26. The van der Waals surface area contributed by atoms with Crippen LogP contribution in [0.1, 0.15) is 41.6 Å². The monoisotopic (exact) mass is 427 g/mol. The highest BCUT2D eigenvalue weighted by atomic mass is 32.2. The van der Waals surface area contributed by atoms with E-state index < -0.39 is 10.0 Å². The first-order valence-electron chi connectivity index (χ1n) is 10.7. The number of rotatable bonds is 6. The lowest BCUT2D eigenvalue weighted by Crippen LogP contribution is -2.29. The van der Waals surface area contributed by atoms with Crippen LogP contribution < -0.4 is 4.90 Å². The number of amides is 1. The summed E-state index contributed by atoms with van der Waals surface area (Å²) in [7, 11) is -1.67. The van der Waals surface area contributed by atoms with Gasteiger partial charge in [-0.1, -0.05) is 18.2 Å². The molecule has 2 aromatic carbocycles. The number of hydrogen-bond donors (Lipinski definition) is 0. The Morgan fingerprint density at radius 1 is 0.900 bits per heavy atom. The van der Waals surface area contributed by atoms with Gasteiger partial charge in [-0.05, 0) is 61.6 Å². The topological polar surface area (TPSA) is 60.9 Å². The number of carbonyl (C=O) groups excluding carboxylic acids is 1. The Kier molecular flexibility index (Phi) is 6.11. The summed E-state index contributed by atoms with van der Waals surface area (Å²) in [4.78, 5) is 17.3. The van der Waals surface area contributed by atoms with E-state index in [4.69, 9.17) is 0 Å². The van der Waals surface area contributed by atoms with Gasteiger partial charge in [0.05, 0.1) is 4.90 Å². The van der Waals surface area contributed by atoms with Gasteiger partial charge in [-0.25, -0.2) is 8.42 Å². The van der Waals surface area contributed by atoms with Gasteiger partial charge in [0.2, 0.25) is 10.0 Å². The molecule has 2 heterocycles. The molecular weight excluding hydrogens is 398 g/mol. The number of benzene rings is 2. The second-order valence-corrected chi connectivity index (χ2v) is 10.1. The standard InChI is InChI=1S/C23H29N3O3S/c1-24(18-20-8-2-3-9-22(20)25-14-4-5-15-25)23(27)19-10-12-21(13-11-19)30(28,29)26-16-6-7-17-26/h2-3,8-13H,4-7,14-18H2,1H3. The molecule has 4 rings (SSSR count). The first-order chi connectivity index (χ1) is 14.5. The maximum atomic E-state index is 13.0. The molecule has 0 aromatic heterocycles. The molecule has 0 radical (unpaired) electrons. The van der Waals surface area contributed by atoms with Crippen LogP contribution >= 0.6 is 0 Å². The maximum Gasteiger partial charge on any atom is 0.253 e. The van der Waals surface area contributed by atoms with Crippen molar-refractivity contribution in [3.63, 3.8) is 0 Å². The molecule has 160 valence electrons. The molecule has 2 fully saturated rings. The van der Waals surface area contributed by atoms with Crippen LogP contribution in [-0.2, 0) is 16.6 Å². The van der Waals surface area contributed by atoms with Gasteiger partial charge >= 0.3 is 0 Å². The fourth-order valence-electron chi connectivity index (χ4n) is 4.31. The van der Waals surface area contributed by atoms with Crippen molar-refractivity contribution >= 4 is 21.6 Å². The third-order valence-corrected chi connectivity index (χ3v) is 7.91. The van der Waals surface area contributed by atoms with Crippen molar-refractivity contribution in [2.24, 2.45) is 0 Å². The lowest BCUT2D eigenvalue weighted by molar-refractivity contribution is 0.0785. The van der Waals surface area contributed by atoms with Crippen molar-refractivity contribution in [1.29, 1.82) is 0 Å². The van der Waals surface area contributed by atoms with Crippen molar-refractivity contribution in [3.05, 3.63) is 59.7 Å². The Bertz CT molecular complexity index is 993. The quantitative estimate of drug-likeness (QED) is 0.709. The van der Waals surface area contributed by atoms with Crippen molar-refractivity contribution in [2.75, 3.05) is 38.1 Å². The first kappa shape index (κ1) is 20.9. The Balaban J connectivity index is 1.47. The first-order valence-corrected chi connectivity index (χ1v) is 12.1. The van der Waals surface area contributed by atoms with E-state index in [1.54, 1.807) is 36.2 Å². The van der Waals surface area contributed by atoms with E-state index in [1.807, 2.05) is 12.1 Å². The summed E-state index contributed by atoms with van der Waals surface area (Å²) in [5.74, 6) is -0.114. The Morgan fingerprint density at radius 3 is 2.17 bits per heavy atom. The minimum atomic E-state index is -3.46. The predicted molar refractivity (Wildman–Crippen MR) is 118 cm³/mol. The molecule has 0 spiro atoms. The van der Waals surface area contributed by atoms with E-state index in [9.17, 15) is 13.2 Å². The van der Waals surface area contributed by atoms with Crippen LogP contribution in [0.15, 0.2) is 53.4 Å². The van der Waals surface area contributed by atoms with Crippen LogP contribution in [0.2, 0.25) is 0 Å². The smallest absolute Gasteiger partial charge is 0.253 e. The SMILES string of the molecule is CN(Cc1ccccc1N1CCCC1)C(=O)c1ccc(S(=O)(=O)N2CCCC2)cc1. The normalized spacial score (nSPS) is 17.4. The summed E-state index contributed by atoms with van der Waals surface area (Å²) >= 11 is 0. The molecule has 0 N–H and O–H groups in total. The number of nitrogens with zero attached hydrogens (tertiary/aromatic N) is 3. The van der Waals surface area contributed by atoms with Crippen LogP contribution in [0.5, 0.6) is 0 Å². The highest BCUT2D eigenvalue weighted by molar-refractivity contribution is 7.89. The zero-order chi connectivity index (χ0) is 21.1. The highest BCUT2D eigenvalue weighted by Gasteiger charge is 2.27. The fourth-order valence-corrected chi connectivity index (χ4v) is 5.82. The van der Waals surface area contributed by atoms with Gasteiger partial charge in [0, 0.05) is 51.0 Å². The number of para-hydroxylation sites is 1. The van der Waals surface area contributed by atoms with Crippen molar-refractivity contribution in [3.8, 4) is 0 Å². The molecule has 2 aliphatic rings. The van der Waals surface area contributed by atoms with Crippen LogP contribution in [0.3, 0.4) is 0 Å². The lowest BCUT2D eigenvalue weighted by Gasteiger charge is -2.24. The molecule has 0 aliphatic carbocycles. The third-order valence-electron chi connectivity index (χ3n) is 6.00. The van der Waals surface area contributed by atoms with E-state index in [-0.39, 0.29) is 10.8 Å². The van der Waals surface area contributed by atoms with E-state index in [1.165, 1.54) is 22.8 Å².